The molecule has 1 aromatic carbocycles. The minimum absolute atomic E-state index is 0.0469. The van der Waals surface area contributed by atoms with Crippen molar-refractivity contribution in [3.05, 3.63) is 35.9 Å². The molecule has 3 nitrogen and oxygen atoms in total. The van der Waals surface area contributed by atoms with E-state index in [0.717, 1.165) is 12.5 Å². The molecule has 3 fully saturated rings. The summed E-state index contributed by atoms with van der Waals surface area (Å²) in [5.41, 5.74) is 1.93. The molecule has 1 aromatic rings. The van der Waals surface area contributed by atoms with E-state index in [4.69, 9.17) is 4.74 Å². The van der Waals surface area contributed by atoms with Gasteiger partial charge in [-0.15, -0.1) is 0 Å². The summed E-state index contributed by atoms with van der Waals surface area (Å²) in [6, 6.07) is 10.9. The maximum absolute atomic E-state index is 6.06. The Bertz CT molecular complexity index is 561. The van der Waals surface area contributed by atoms with Crippen molar-refractivity contribution < 1.29 is 4.74 Å². The molecule has 0 spiro atoms. The third-order valence-corrected chi connectivity index (χ3v) is 6.66. The molecule has 1 unspecified atom stereocenters. The summed E-state index contributed by atoms with van der Waals surface area (Å²) in [5.74, 6) is 0.923. The van der Waals surface area contributed by atoms with Gasteiger partial charge in [-0.1, -0.05) is 30.3 Å². The molecular weight excluding hydrogens is 308 g/mol. The van der Waals surface area contributed by atoms with Gasteiger partial charge in [-0.3, -0.25) is 4.90 Å². The lowest BCUT2D eigenvalue weighted by Crippen LogP contribution is -2.62. The average Bonchev–Trinajstić information content (AvgIpc) is 3.46. The van der Waals surface area contributed by atoms with Crippen LogP contribution in [-0.4, -0.2) is 60.3 Å². The van der Waals surface area contributed by atoms with Crippen molar-refractivity contribution in [2.24, 2.45) is 5.92 Å². The molecule has 138 valence electrons. The van der Waals surface area contributed by atoms with E-state index in [1.165, 1.54) is 70.4 Å². The van der Waals surface area contributed by atoms with Crippen LogP contribution in [-0.2, 0) is 11.2 Å². The van der Waals surface area contributed by atoms with E-state index >= 15 is 0 Å². The number of nitrogens with zero attached hydrogens (tertiary/aromatic N) is 2. The number of rotatable bonds is 5. The van der Waals surface area contributed by atoms with Crippen molar-refractivity contribution in [3.63, 3.8) is 0 Å². The second kappa shape index (κ2) is 7.02. The Balaban J connectivity index is 1.34. The monoisotopic (exact) mass is 342 g/mol. The normalized spacial score (nSPS) is 31.1. The summed E-state index contributed by atoms with van der Waals surface area (Å²) in [7, 11) is 0. The maximum Gasteiger partial charge on any atom is 0.0644 e. The van der Waals surface area contributed by atoms with Gasteiger partial charge < -0.3 is 9.64 Å². The minimum Gasteiger partial charge on any atom is -0.375 e. The van der Waals surface area contributed by atoms with Crippen LogP contribution in [0.1, 0.15) is 45.1 Å². The van der Waals surface area contributed by atoms with E-state index in [9.17, 15) is 0 Å². The van der Waals surface area contributed by atoms with Crippen LogP contribution in [0.15, 0.2) is 30.3 Å². The molecule has 3 aliphatic rings. The fourth-order valence-corrected chi connectivity index (χ4v) is 5.23. The molecule has 25 heavy (non-hydrogen) atoms. The summed E-state index contributed by atoms with van der Waals surface area (Å²) < 4.78 is 6.06. The molecule has 0 radical (unpaired) electrons. The van der Waals surface area contributed by atoms with E-state index in [1.54, 1.807) is 0 Å². The zero-order chi connectivity index (χ0) is 17.3. The molecule has 0 N–H and O–H groups in total. The highest BCUT2D eigenvalue weighted by molar-refractivity contribution is 5.15. The molecule has 0 aromatic heterocycles. The first-order valence-electron chi connectivity index (χ1n) is 10.2. The van der Waals surface area contributed by atoms with Crippen molar-refractivity contribution in [3.8, 4) is 0 Å². The number of ether oxygens (including phenoxy) is 1. The predicted molar refractivity (Wildman–Crippen MR) is 103 cm³/mol. The summed E-state index contributed by atoms with van der Waals surface area (Å²) in [6.07, 6.45) is 6.50. The zero-order valence-corrected chi connectivity index (χ0v) is 16.0. The van der Waals surface area contributed by atoms with Gasteiger partial charge in [0.2, 0.25) is 0 Å². The SMILES string of the molecule is CC1(C)CC(C2CC2)(N2CCN(CCc3ccccc3)CC2)CCO1. The third-order valence-electron chi connectivity index (χ3n) is 6.66. The molecule has 1 aliphatic carbocycles. The molecule has 0 bridgehead atoms. The van der Waals surface area contributed by atoms with Crippen molar-refractivity contribution in [2.45, 2.75) is 57.1 Å². The van der Waals surface area contributed by atoms with Gasteiger partial charge in [-0.25, -0.2) is 0 Å². The van der Waals surface area contributed by atoms with E-state index in [1.807, 2.05) is 0 Å². The quantitative estimate of drug-likeness (QED) is 0.813. The Hall–Kier alpha value is -0.900. The van der Waals surface area contributed by atoms with Crippen LogP contribution in [0.3, 0.4) is 0 Å². The molecule has 0 amide bonds. The lowest BCUT2D eigenvalue weighted by molar-refractivity contribution is -0.134. The highest BCUT2D eigenvalue weighted by Crippen LogP contribution is 2.51. The molecular formula is C22H34N2O. The molecule has 4 rings (SSSR count). The van der Waals surface area contributed by atoms with Gasteiger partial charge in [0.05, 0.1) is 5.60 Å². The van der Waals surface area contributed by atoms with E-state index in [0.29, 0.717) is 5.54 Å². The van der Waals surface area contributed by atoms with Crippen LogP contribution < -0.4 is 0 Å². The van der Waals surface area contributed by atoms with Gasteiger partial charge in [0.15, 0.2) is 0 Å². The fraction of sp³-hybridized carbons (Fsp3) is 0.727. The second-order valence-corrected chi connectivity index (χ2v) is 8.98. The first-order chi connectivity index (χ1) is 12.1. The predicted octanol–water partition coefficient (Wildman–Crippen LogP) is 3.58. The summed E-state index contributed by atoms with van der Waals surface area (Å²) in [6.45, 7) is 11.6. The molecule has 2 heterocycles. The van der Waals surface area contributed by atoms with Crippen LogP contribution in [0.4, 0.5) is 0 Å². The van der Waals surface area contributed by atoms with E-state index in [-0.39, 0.29) is 5.60 Å². The number of hydrogen-bond donors (Lipinski definition) is 0. The first kappa shape index (κ1) is 17.5. The zero-order valence-electron chi connectivity index (χ0n) is 16.0. The largest absolute Gasteiger partial charge is 0.375 e. The number of benzene rings is 1. The average molecular weight is 343 g/mol. The van der Waals surface area contributed by atoms with Gasteiger partial charge >= 0.3 is 0 Å². The fourth-order valence-electron chi connectivity index (χ4n) is 5.23. The molecule has 3 heteroatoms. The summed E-state index contributed by atoms with van der Waals surface area (Å²) in [5, 5.41) is 0. The Morgan fingerprint density at radius 2 is 1.76 bits per heavy atom. The van der Waals surface area contributed by atoms with Crippen LogP contribution in [0.25, 0.3) is 0 Å². The lowest BCUT2D eigenvalue weighted by Gasteiger charge is -2.54. The van der Waals surface area contributed by atoms with Crippen LogP contribution in [0.2, 0.25) is 0 Å². The van der Waals surface area contributed by atoms with Gasteiger partial charge in [0.25, 0.3) is 0 Å². The van der Waals surface area contributed by atoms with Crippen LogP contribution >= 0.6 is 0 Å². The molecule has 2 aliphatic heterocycles. The minimum atomic E-state index is 0.0469. The maximum atomic E-state index is 6.06. The Morgan fingerprint density at radius 1 is 1.04 bits per heavy atom. The van der Waals surface area contributed by atoms with E-state index in [2.05, 4.69) is 54.0 Å². The topological polar surface area (TPSA) is 15.7 Å². The highest BCUT2D eigenvalue weighted by Gasteiger charge is 2.53. The number of piperazine rings is 1. The summed E-state index contributed by atoms with van der Waals surface area (Å²) in [4.78, 5) is 5.52. The van der Waals surface area contributed by atoms with Crippen LogP contribution in [0.5, 0.6) is 0 Å². The Labute approximate surface area is 153 Å². The van der Waals surface area contributed by atoms with Crippen molar-refractivity contribution in [2.75, 3.05) is 39.3 Å². The van der Waals surface area contributed by atoms with Crippen molar-refractivity contribution >= 4 is 0 Å². The first-order valence-corrected chi connectivity index (χ1v) is 10.2. The van der Waals surface area contributed by atoms with Crippen molar-refractivity contribution in [1.82, 2.24) is 9.80 Å². The van der Waals surface area contributed by atoms with E-state index < -0.39 is 0 Å². The smallest absolute Gasteiger partial charge is 0.0644 e. The Morgan fingerprint density at radius 3 is 2.40 bits per heavy atom. The summed E-state index contributed by atoms with van der Waals surface area (Å²) >= 11 is 0. The molecule has 1 atom stereocenters. The molecule has 2 saturated heterocycles. The highest BCUT2D eigenvalue weighted by atomic mass is 16.5. The standard InChI is InChI=1S/C22H34N2O/c1-21(2)18-22(11-17-25-21,20-8-9-20)24-15-13-23(14-16-24)12-10-19-6-4-3-5-7-19/h3-7,20H,8-18H2,1-2H3. The number of hydrogen-bond acceptors (Lipinski definition) is 3. The molecule has 1 saturated carbocycles. The lowest BCUT2D eigenvalue weighted by atomic mass is 9.76. The Kier molecular flexibility index (Phi) is 4.91. The van der Waals surface area contributed by atoms with Gasteiger partial charge in [-0.05, 0) is 57.4 Å². The van der Waals surface area contributed by atoms with Crippen LogP contribution in [0, 0.1) is 5.92 Å². The third kappa shape index (κ3) is 3.94. The van der Waals surface area contributed by atoms with Gasteiger partial charge in [0, 0.05) is 44.9 Å². The van der Waals surface area contributed by atoms with Gasteiger partial charge in [-0.2, -0.15) is 0 Å². The van der Waals surface area contributed by atoms with Gasteiger partial charge in [0.1, 0.15) is 0 Å². The van der Waals surface area contributed by atoms with Crippen molar-refractivity contribution in [1.29, 1.82) is 0 Å². The second-order valence-electron chi connectivity index (χ2n) is 8.98.